The molecule has 0 fully saturated rings. The first-order chi connectivity index (χ1) is 19.2. The SMILES string of the molecule is Cc1c2c(c(C)c3cc4ccccc4cc13)-c1c3c(cc4c5ccc(CC(C)(C)C)cc5oc4c3cc[n+]1C)O2. The van der Waals surface area contributed by atoms with Gasteiger partial charge in [-0.1, -0.05) is 57.2 Å². The standard InChI is InChI=1S/C37H32NO2/c1-20-27-16-23-9-7-8-10-24(23)17-28(27)21(2)35-32(20)34-33-26(13-14-38(34)6)36-29(18-31(33)40-35)25-12-11-22(15-30(25)39-36)19-37(3,4)5/h7-18H,19H2,1-6H3/q+1. The molecule has 0 bridgehead atoms. The number of ether oxygens (including phenoxy) is 1. The average molecular weight is 523 g/mol. The minimum absolute atomic E-state index is 0.215. The van der Waals surface area contributed by atoms with Crippen LogP contribution in [0.1, 0.15) is 37.5 Å². The largest absolute Gasteiger partial charge is 0.455 e. The third-order valence-electron chi connectivity index (χ3n) is 8.70. The summed E-state index contributed by atoms with van der Waals surface area (Å²) in [5.74, 6) is 1.85. The number of hydrogen-bond acceptors (Lipinski definition) is 2. The first-order valence-electron chi connectivity index (χ1n) is 14.1. The van der Waals surface area contributed by atoms with Crippen molar-refractivity contribution in [1.29, 1.82) is 0 Å². The number of hydrogen-bond donors (Lipinski definition) is 0. The summed E-state index contributed by atoms with van der Waals surface area (Å²) >= 11 is 0. The Labute approximate surface area is 233 Å². The maximum Gasteiger partial charge on any atom is 0.228 e. The zero-order chi connectivity index (χ0) is 27.5. The van der Waals surface area contributed by atoms with E-state index in [1.807, 2.05) is 0 Å². The van der Waals surface area contributed by atoms with Crippen LogP contribution in [0.3, 0.4) is 0 Å². The van der Waals surface area contributed by atoms with Crippen molar-refractivity contribution in [3.8, 4) is 22.8 Å². The molecular weight excluding hydrogens is 490 g/mol. The summed E-state index contributed by atoms with van der Waals surface area (Å²) in [6.45, 7) is 11.3. The molecular formula is C37H32NO2+. The van der Waals surface area contributed by atoms with Crippen molar-refractivity contribution < 1.29 is 13.7 Å². The molecule has 0 radical (unpaired) electrons. The van der Waals surface area contributed by atoms with Gasteiger partial charge in [0.1, 0.15) is 35.1 Å². The second-order valence-electron chi connectivity index (χ2n) is 12.8. The molecule has 3 nitrogen and oxygen atoms in total. The highest BCUT2D eigenvalue weighted by atomic mass is 16.5. The summed E-state index contributed by atoms with van der Waals surface area (Å²) in [6, 6.07) is 24.3. The molecule has 196 valence electrons. The van der Waals surface area contributed by atoms with Gasteiger partial charge in [0.2, 0.25) is 5.69 Å². The van der Waals surface area contributed by atoms with E-state index in [4.69, 9.17) is 9.15 Å². The molecule has 0 spiro atoms. The van der Waals surface area contributed by atoms with E-state index < -0.39 is 0 Å². The number of aromatic nitrogens is 1. The summed E-state index contributed by atoms with van der Waals surface area (Å²) in [7, 11) is 2.13. The van der Waals surface area contributed by atoms with Crippen molar-refractivity contribution in [1.82, 2.24) is 0 Å². The lowest BCUT2D eigenvalue weighted by Crippen LogP contribution is -2.32. The van der Waals surface area contributed by atoms with Gasteiger partial charge in [-0.2, -0.15) is 0 Å². The molecule has 7 aromatic rings. The first kappa shape index (κ1) is 23.5. The van der Waals surface area contributed by atoms with E-state index in [1.165, 1.54) is 49.5 Å². The van der Waals surface area contributed by atoms with Gasteiger partial charge in [0.05, 0.1) is 5.56 Å². The molecule has 0 saturated heterocycles. The predicted molar refractivity (Wildman–Crippen MR) is 166 cm³/mol. The van der Waals surface area contributed by atoms with E-state index in [2.05, 4.69) is 119 Å². The zero-order valence-electron chi connectivity index (χ0n) is 23.9. The minimum atomic E-state index is 0.215. The average Bonchev–Trinajstić information content (AvgIpc) is 3.28. The lowest BCUT2D eigenvalue weighted by Gasteiger charge is -2.24. The smallest absolute Gasteiger partial charge is 0.228 e. The fourth-order valence-electron chi connectivity index (χ4n) is 6.90. The lowest BCUT2D eigenvalue weighted by molar-refractivity contribution is -0.659. The van der Waals surface area contributed by atoms with Gasteiger partial charge in [-0.05, 0) is 82.6 Å². The van der Waals surface area contributed by atoms with Crippen molar-refractivity contribution in [2.24, 2.45) is 12.5 Å². The summed E-state index contributed by atoms with van der Waals surface area (Å²) in [5.41, 5.74) is 8.15. The van der Waals surface area contributed by atoms with Crippen molar-refractivity contribution in [3.05, 3.63) is 89.6 Å². The van der Waals surface area contributed by atoms with E-state index in [0.717, 1.165) is 50.6 Å². The number of aryl methyl sites for hydroxylation is 3. The molecule has 40 heavy (non-hydrogen) atoms. The van der Waals surface area contributed by atoms with Crippen molar-refractivity contribution in [3.63, 3.8) is 0 Å². The van der Waals surface area contributed by atoms with Crippen LogP contribution in [0.5, 0.6) is 11.5 Å². The van der Waals surface area contributed by atoms with Crippen LogP contribution in [0, 0.1) is 19.3 Å². The summed E-state index contributed by atoms with van der Waals surface area (Å²) < 4.78 is 15.8. The Morgan fingerprint density at radius 3 is 2.20 bits per heavy atom. The highest BCUT2D eigenvalue weighted by Crippen LogP contribution is 2.52. The Morgan fingerprint density at radius 1 is 0.750 bits per heavy atom. The van der Waals surface area contributed by atoms with Crippen LogP contribution in [0.15, 0.2) is 77.3 Å². The number of pyridine rings is 1. The normalized spacial score (nSPS) is 13.1. The summed E-state index contributed by atoms with van der Waals surface area (Å²) in [6.07, 6.45) is 3.17. The van der Waals surface area contributed by atoms with E-state index in [-0.39, 0.29) is 5.41 Å². The van der Waals surface area contributed by atoms with Gasteiger partial charge in [-0.15, -0.1) is 0 Å². The number of rotatable bonds is 1. The molecule has 0 atom stereocenters. The number of fused-ring (bicyclic) bond motifs is 8. The quantitative estimate of drug-likeness (QED) is 0.158. The fourth-order valence-corrected chi connectivity index (χ4v) is 6.90. The molecule has 3 heteroatoms. The van der Waals surface area contributed by atoms with Crippen LogP contribution < -0.4 is 9.30 Å². The molecule has 0 N–H and O–H groups in total. The Kier molecular flexibility index (Phi) is 4.61. The Morgan fingerprint density at radius 2 is 1.48 bits per heavy atom. The molecule has 0 aliphatic carbocycles. The lowest BCUT2D eigenvalue weighted by atomic mass is 9.87. The third kappa shape index (κ3) is 3.21. The molecule has 0 saturated carbocycles. The van der Waals surface area contributed by atoms with Gasteiger partial charge < -0.3 is 9.15 Å². The van der Waals surface area contributed by atoms with Gasteiger partial charge >= 0.3 is 0 Å². The minimum Gasteiger partial charge on any atom is -0.455 e. The topological polar surface area (TPSA) is 26.2 Å². The highest BCUT2D eigenvalue weighted by molar-refractivity contribution is 6.20. The van der Waals surface area contributed by atoms with Gasteiger partial charge in [0, 0.05) is 27.8 Å². The Bertz CT molecular complexity index is 2230. The maximum atomic E-state index is 6.90. The molecule has 1 aliphatic heterocycles. The Hall–Kier alpha value is -4.37. The van der Waals surface area contributed by atoms with Crippen LogP contribution >= 0.6 is 0 Å². The third-order valence-corrected chi connectivity index (χ3v) is 8.70. The summed E-state index contributed by atoms with van der Waals surface area (Å²) in [5, 5.41) is 9.46. The van der Waals surface area contributed by atoms with E-state index in [1.54, 1.807) is 0 Å². The Balaban J connectivity index is 1.45. The maximum absolute atomic E-state index is 6.90. The van der Waals surface area contributed by atoms with Gasteiger partial charge in [-0.25, -0.2) is 4.57 Å². The van der Waals surface area contributed by atoms with Crippen molar-refractivity contribution >= 4 is 54.3 Å². The van der Waals surface area contributed by atoms with Crippen LogP contribution in [-0.4, -0.2) is 0 Å². The molecule has 2 aromatic heterocycles. The second kappa shape index (κ2) is 7.85. The van der Waals surface area contributed by atoms with Crippen molar-refractivity contribution in [2.75, 3.05) is 0 Å². The molecule has 0 unspecified atom stereocenters. The number of nitrogens with zero attached hydrogens (tertiary/aromatic N) is 1. The molecule has 5 aromatic carbocycles. The van der Waals surface area contributed by atoms with Crippen LogP contribution in [0.4, 0.5) is 0 Å². The monoisotopic (exact) mass is 522 g/mol. The van der Waals surface area contributed by atoms with Gasteiger partial charge in [-0.3, -0.25) is 0 Å². The first-order valence-corrected chi connectivity index (χ1v) is 14.1. The predicted octanol–water partition coefficient (Wildman–Crippen LogP) is 9.85. The zero-order valence-corrected chi connectivity index (χ0v) is 23.9. The van der Waals surface area contributed by atoms with Crippen LogP contribution in [-0.2, 0) is 13.5 Å². The highest BCUT2D eigenvalue weighted by Gasteiger charge is 2.33. The fraction of sp³-hybridized carbons (Fsp3) is 0.216. The van der Waals surface area contributed by atoms with Crippen LogP contribution in [0.25, 0.3) is 65.5 Å². The van der Waals surface area contributed by atoms with Crippen molar-refractivity contribution in [2.45, 2.75) is 41.0 Å². The van der Waals surface area contributed by atoms with Crippen LogP contribution in [0.2, 0.25) is 0 Å². The number of furan rings is 1. The van der Waals surface area contributed by atoms with E-state index in [0.29, 0.717) is 0 Å². The van der Waals surface area contributed by atoms with E-state index >= 15 is 0 Å². The molecule has 3 heterocycles. The van der Waals surface area contributed by atoms with Gasteiger partial charge in [0.25, 0.3) is 0 Å². The molecule has 8 rings (SSSR count). The number of benzene rings is 5. The molecule has 1 aliphatic rings. The summed E-state index contributed by atoms with van der Waals surface area (Å²) in [4.78, 5) is 0. The second-order valence-corrected chi connectivity index (χ2v) is 12.8. The van der Waals surface area contributed by atoms with E-state index in [9.17, 15) is 0 Å². The van der Waals surface area contributed by atoms with Gasteiger partial charge in [0.15, 0.2) is 6.20 Å². The molecule has 0 amide bonds.